The molecular formula is C10H17N3O. The molecule has 4 heteroatoms. The Labute approximate surface area is 84.0 Å². The molecule has 0 aliphatic carbocycles. The quantitative estimate of drug-likeness (QED) is 0.620. The zero-order chi connectivity index (χ0) is 10.0. The van der Waals surface area contributed by atoms with Gasteiger partial charge in [-0.2, -0.15) is 0 Å². The van der Waals surface area contributed by atoms with Crippen LogP contribution in [0.5, 0.6) is 0 Å². The summed E-state index contributed by atoms with van der Waals surface area (Å²) in [6.45, 7) is 1.59. The van der Waals surface area contributed by atoms with E-state index in [4.69, 9.17) is 16.2 Å². The van der Waals surface area contributed by atoms with Crippen LogP contribution in [0.2, 0.25) is 0 Å². The number of hydrogen-bond donors (Lipinski definition) is 2. The number of ether oxygens (including phenoxy) is 1. The van der Waals surface area contributed by atoms with Gasteiger partial charge in [0, 0.05) is 25.6 Å². The molecule has 4 N–H and O–H groups in total. The number of aliphatic imine (C=N–C) groups is 1. The molecule has 0 saturated carbocycles. The largest absolute Gasteiger partial charge is 0.381 e. The van der Waals surface area contributed by atoms with E-state index in [9.17, 15) is 0 Å². The summed E-state index contributed by atoms with van der Waals surface area (Å²) >= 11 is 0. The van der Waals surface area contributed by atoms with Crippen molar-refractivity contribution in [2.45, 2.75) is 24.4 Å². The Balaban J connectivity index is 2.13. The third-order valence-corrected chi connectivity index (χ3v) is 3.20. The van der Waals surface area contributed by atoms with Crippen molar-refractivity contribution in [3.8, 4) is 0 Å². The molecule has 2 atom stereocenters. The highest BCUT2D eigenvalue weighted by Crippen LogP contribution is 2.29. The molecule has 2 rings (SSSR count). The van der Waals surface area contributed by atoms with Gasteiger partial charge in [0.1, 0.15) is 0 Å². The fraction of sp³-hybridized carbons (Fsp3) is 0.700. The van der Waals surface area contributed by atoms with Crippen molar-refractivity contribution in [1.29, 1.82) is 0 Å². The van der Waals surface area contributed by atoms with Gasteiger partial charge in [0.05, 0.1) is 11.6 Å². The van der Waals surface area contributed by atoms with Crippen molar-refractivity contribution in [3.63, 3.8) is 0 Å². The Bertz CT molecular complexity index is 258. The van der Waals surface area contributed by atoms with Crippen LogP contribution in [0.25, 0.3) is 0 Å². The van der Waals surface area contributed by atoms with Crippen molar-refractivity contribution in [3.05, 3.63) is 12.3 Å². The Morgan fingerprint density at radius 1 is 1.36 bits per heavy atom. The molecule has 78 valence electrons. The minimum absolute atomic E-state index is 0.171. The molecule has 0 aromatic carbocycles. The lowest BCUT2D eigenvalue weighted by Gasteiger charge is -2.41. The van der Waals surface area contributed by atoms with E-state index in [-0.39, 0.29) is 6.04 Å². The highest BCUT2D eigenvalue weighted by atomic mass is 16.5. The maximum absolute atomic E-state index is 6.32. The predicted molar refractivity (Wildman–Crippen MR) is 56.1 cm³/mol. The summed E-state index contributed by atoms with van der Waals surface area (Å²) in [4.78, 5) is 4.01. The van der Waals surface area contributed by atoms with Crippen LogP contribution >= 0.6 is 0 Å². The molecule has 2 aliphatic heterocycles. The maximum Gasteiger partial charge on any atom is 0.0622 e. The number of rotatable bonds is 1. The predicted octanol–water partition coefficient (Wildman–Crippen LogP) is 0.0359. The number of nitrogens with zero attached hydrogens (tertiary/aromatic N) is 1. The lowest BCUT2D eigenvalue weighted by Crippen LogP contribution is -2.61. The van der Waals surface area contributed by atoms with Crippen LogP contribution in [0, 0.1) is 5.92 Å². The van der Waals surface area contributed by atoms with Crippen LogP contribution in [0.1, 0.15) is 12.8 Å². The minimum Gasteiger partial charge on any atom is -0.381 e. The van der Waals surface area contributed by atoms with Crippen molar-refractivity contribution in [2.24, 2.45) is 22.4 Å². The van der Waals surface area contributed by atoms with Crippen LogP contribution in [-0.2, 0) is 4.74 Å². The van der Waals surface area contributed by atoms with E-state index >= 15 is 0 Å². The SMILES string of the molecule is NC1C=NC=CC1(N)C1CCOCC1. The van der Waals surface area contributed by atoms with Crippen LogP contribution < -0.4 is 11.5 Å². The van der Waals surface area contributed by atoms with Gasteiger partial charge in [0.2, 0.25) is 0 Å². The first-order chi connectivity index (χ1) is 6.73. The van der Waals surface area contributed by atoms with Gasteiger partial charge in [-0.1, -0.05) is 0 Å². The molecule has 2 unspecified atom stereocenters. The monoisotopic (exact) mass is 195 g/mol. The van der Waals surface area contributed by atoms with E-state index in [0.717, 1.165) is 26.1 Å². The number of hydrogen-bond acceptors (Lipinski definition) is 4. The molecule has 0 amide bonds. The summed E-state index contributed by atoms with van der Waals surface area (Å²) in [5.74, 6) is 0.411. The van der Waals surface area contributed by atoms with Gasteiger partial charge in [0.25, 0.3) is 0 Å². The Hall–Kier alpha value is -0.710. The molecule has 2 aliphatic rings. The molecule has 4 nitrogen and oxygen atoms in total. The number of nitrogens with two attached hydrogens (primary N) is 2. The first-order valence-electron chi connectivity index (χ1n) is 5.06. The third kappa shape index (κ3) is 1.61. The summed E-state index contributed by atoms with van der Waals surface area (Å²) in [7, 11) is 0. The molecule has 1 fully saturated rings. The molecule has 0 spiro atoms. The van der Waals surface area contributed by atoms with Crippen molar-refractivity contribution in [2.75, 3.05) is 13.2 Å². The van der Waals surface area contributed by atoms with Crippen LogP contribution in [0.15, 0.2) is 17.3 Å². The first-order valence-corrected chi connectivity index (χ1v) is 5.06. The van der Waals surface area contributed by atoms with Crippen molar-refractivity contribution < 1.29 is 4.74 Å². The lowest BCUT2D eigenvalue weighted by molar-refractivity contribution is 0.0461. The zero-order valence-corrected chi connectivity index (χ0v) is 8.23. The van der Waals surface area contributed by atoms with Gasteiger partial charge in [-0.15, -0.1) is 0 Å². The van der Waals surface area contributed by atoms with E-state index < -0.39 is 5.54 Å². The standard InChI is InChI=1S/C10H17N3O/c11-9-7-13-4-3-10(9,12)8-1-5-14-6-2-8/h3-4,7-9H,1-2,5-6,11-12H2. The zero-order valence-electron chi connectivity index (χ0n) is 8.23. The second-order valence-corrected chi connectivity index (χ2v) is 4.03. The highest BCUT2D eigenvalue weighted by Gasteiger charge is 2.39. The molecule has 14 heavy (non-hydrogen) atoms. The van der Waals surface area contributed by atoms with E-state index in [2.05, 4.69) is 4.99 Å². The molecule has 0 aromatic heterocycles. The topological polar surface area (TPSA) is 73.6 Å². The van der Waals surface area contributed by atoms with Crippen molar-refractivity contribution in [1.82, 2.24) is 0 Å². The highest BCUT2D eigenvalue weighted by molar-refractivity contribution is 5.69. The Morgan fingerprint density at radius 2 is 2.07 bits per heavy atom. The minimum atomic E-state index is -0.425. The summed E-state index contributed by atoms with van der Waals surface area (Å²) in [5.41, 5.74) is 11.9. The van der Waals surface area contributed by atoms with E-state index in [1.165, 1.54) is 0 Å². The van der Waals surface area contributed by atoms with E-state index in [1.54, 1.807) is 12.4 Å². The van der Waals surface area contributed by atoms with Crippen LogP contribution in [-0.4, -0.2) is 31.0 Å². The van der Waals surface area contributed by atoms with Gasteiger partial charge in [-0.3, -0.25) is 4.99 Å². The van der Waals surface area contributed by atoms with Crippen LogP contribution in [0.4, 0.5) is 0 Å². The Kier molecular flexibility index (Phi) is 2.67. The van der Waals surface area contributed by atoms with Gasteiger partial charge in [-0.25, -0.2) is 0 Å². The average Bonchev–Trinajstić information content (AvgIpc) is 2.24. The second kappa shape index (κ2) is 3.81. The fourth-order valence-corrected chi connectivity index (χ4v) is 2.16. The Morgan fingerprint density at radius 3 is 2.71 bits per heavy atom. The molecule has 1 saturated heterocycles. The van der Waals surface area contributed by atoms with Gasteiger partial charge < -0.3 is 16.2 Å². The second-order valence-electron chi connectivity index (χ2n) is 4.03. The summed E-state index contributed by atoms with van der Waals surface area (Å²) in [6.07, 6.45) is 7.40. The molecule has 2 heterocycles. The molecule has 0 bridgehead atoms. The molecular weight excluding hydrogens is 178 g/mol. The van der Waals surface area contributed by atoms with Crippen LogP contribution in [0.3, 0.4) is 0 Å². The molecule has 0 aromatic rings. The third-order valence-electron chi connectivity index (χ3n) is 3.20. The summed E-state index contributed by atoms with van der Waals surface area (Å²) in [5, 5.41) is 0. The average molecular weight is 195 g/mol. The lowest BCUT2D eigenvalue weighted by atomic mass is 9.74. The van der Waals surface area contributed by atoms with E-state index in [1.807, 2.05) is 6.08 Å². The van der Waals surface area contributed by atoms with Gasteiger partial charge >= 0.3 is 0 Å². The maximum atomic E-state index is 6.32. The summed E-state index contributed by atoms with van der Waals surface area (Å²) in [6, 6.07) is -0.171. The van der Waals surface area contributed by atoms with Gasteiger partial charge in [0.15, 0.2) is 0 Å². The normalized spacial score (nSPS) is 38.9. The smallest absolute Gasteiger partial charge is 0.0622 e. The first kappa shape index (κ1) is 9.83. The van der Waals surface area contributed by atoms with E-state index in [0.29, 0.717) is 5.92 Å². The van der Waals surface area contributed by atoms with Gasteiger partial charge in [-0.05, 0) is 24.8 Å². The fourth-order valence-electron chi connectivity index (χ4n) is 2.16. The van der Waals surface area contributed by atoms with Crippen molar-refractivity contribution >= 4 is 6.21 Å². The molecule has 0 radical (unpaired) electrons. The summed E-state index contributed by atoms with van der Waals surface area (Å²) < 4.78 is 5.32.